The van der Waals surface area contributed by atoms with Crippen molar-refractivity contribution in [3.05, 3.63) is 63.1 Å². The Kier molecular flexibility index (Phi) is 4.50. The van der Waals surface area contributed by atoms with Crippen molar-refractivity contribution in [2.24, 2.45) is 7.05 Å². The highest BCUT2D eigenvalue weighted by Gasteiger charge is 2.15. The highest BCUT2D eigenvalue weighted by Crippen LogP contribution is 2.28. The SMILES string of the molecule is C#Cc1cccc(-n2nnn(C)c2=O)c1COc1cc(C)c(O)cc1C. The van der Waals surface area contributed by atoms with Crippen LogP contribution in [0, 0.1) is 26.2 Å². The molecule has 0 fully saturated rings. The molecule has 0 saturated carbocycles. The van der Waals surface area contributed by atoms with Gasteiger partial charge in [-0.05, 0) is 59.7 Å². The van der Waals surface area contributed by atoms with E-state index in [0.717, 1.165) is 10.2 Å². The van der Waals surface area contributed by atoms with Crippen LogP contribution in [0.1, 0.15) is 22.3 Å². The van der Waals surface area contributed by atoms with Crippen molar-refractivity contribution >= 4 is 0 Å². The van der Waals surface area contributed by atoms with E-state index in [1.807, 2.05) is 6.92 Å². The van der Waals surface area contributed by atoms with Gasteiger partial charge in [-0.3, -0.25) is 0 Å². The molecule has 26 heavy (non-hydrogen) atoms. The van der Waals surface area contributed by atoms with Crippen LogP contribution >= 0.6 is 0 Å². The second kappa shape index (κ2) is 6.76. The number of ether oxygens (including phenoxy) is 1. The molecule has 0 atom stereocenters. The third kappa shape index (κ3) is 3.05. The molecule has 0 aliphatic heterocycles. The smallest absolute Gasteiger partial charge is 0.368 e. The molecule has 0 bridgehead atoms. The van der Waals surface area contributed by atoms with Gasteiger partial charge in [-0.1, -0.05) is 12.0 Å². The first kappa shape index (κ1) is 17.3. The van der Waals surface area contributed by atoms with E-state index in [1.54, 1.807) is 37.3 Å². The summed E-state index contributed by atoms with van der Waals surface area (Å²) in [4.78, 5) is 12.2. The van der Waals surface area contributed by atoms with Crippen molar-refractivity contribution in [1.82, 2.24) is 19.8 Å². The first-order valence-electron chi connectivity index (χ1n) is 7.93. The second-order valence-corrected chi connectivity index (χ2v) is 5.94. The molecule has 0 saturated heterocycles. The molecule has 1 aromatic heterocycles. The first-order chi connectivity index (χ1) is 12.4. The first-order valence-corrected chi connectivity index (χ1v) is 7.93. The van der Waals surface area contributed by atoms with Crippen molar-refractivity contribution < 1.29 is 9.84 Å². The fourth-order valence-electron chi connectivity index (χ4n) is 2.60. The Morgan fingerprint density at radius 1 is 1.23 bits per heavy atom. The normalized spacial score (nSPS) is 10.5. The lowest BCUT2D eigenvalue weighted by Crippen LogP contribution is -2.23. The number of rotatable bonds is 4. The number of aromatic hydroxyl groups is 1. The summed E-state index contributed by atoms with van der Waals surface area (Å²) in [5.41, 5.74) is 2.91. The molecular weight excluding hydrogens is 332 g/mol. The van der Waals surface area contributed by atoms with Crippen LogP contribution in [0.4, 0.5) is 0 Å². The second-order valence-electron chi connectivity index (χ2n) is 5.94. The molecule has 0 aliphatic rings. The van der Waals surface area contributed by atoms with E-state index in [1.165, 1.54) is 11.7 Å². The molecule has 0 amide bonds. The Hall–Kier alpha value is -3.53. The van der Waals surface area contributed by atoms with Gasteiger partial charge in [0.15, 0.2) is 0 Å². The van der Waals surface area contributed by atoms with Crippen LogP contribution in [0.5, 0.6) is 11.5 Å². The molecular formula is C19H18N4O3. The Morgan fingerprint density at radius 2 is 2.00 bits per heavy atom. The summed E-state index contributed by atoms with van der Waals surface area (Å²) in [5.74, 6) is 3.46. The zero-order valence-electron chi connectivity index (χ0n) is 14.7. The third-order valence-electron chi connectivity index (χ3n) is 4.12. The van der Waals surface area contributed by atoms with Gasteiger partial charge in [0, 0.05) is 18.2 Å². The lowest BCUT2D eigenvalue weighted by Gasteiger charge is -2.14. The minimum absolute atomic E-state index is 0.143. The lowest BCUT2D eigenvalue weighted by molar-refractivity contribution is 0.302. The number of aromatic nitrogens is 4. The minimum atomic E-state index is -0.378. The van der Waals surface area contributed by atoms with E-state index in [-0.39, 0.29) is 18.0 Å². The van der Waals surface area contributed by atoms with Crippen LogP contribution in [0.25, 0.3) is 5.69 Å². The average Bonchev–Trinajstić information content (AvgIpc) is 2.95. The maximum atomic E-state index is 12.2. The molecule has 1 N–H and O–H groups in total. The molecule has 7 heteroatoms. The highest BCUT2D eigenvalue weighted by atomic mass is 16.5. The van der Waals surface area contributed by atoms with E-state index in [2.05, 4.69) is 16.3 Å². The Morgan fingerprint density at radius 3 is 2.65 bits per heavy atom. The van der Waals surface area contributed by atoms with Crippen molar-refractivity contribution in [1.29, 1.82) is 0 Å². The van der Waals surface area contributed by atoms with E-state index in [4.69, 9.17) is 11.2 Å². The summed E-state index contributed by atoms with van der Waals surface area (Å²) in [6.45, 7) is 3.78. The average molecular weight is 350 g/mol. The maximum Gasteiger partial charge on any atom is 0.368 e. The standard InChI is InChI=1S/C19H18N4O3/c1-5-14-7-6-8-16(23-19(25)22(4)20-21-23)15(14)11-26-18-10-12(2)17(24)9-13(18)3/h1,6-10,24H,11H2,2-4H3. The van der Waals surface area contributed by atoms with Crippen LogP contribution in [-0.2, 0) is 13.7 Å². The van der Waals surface area contributed by atoms with Gasteiger partial charge >= 0.3 is 5.69 Å². The highest BCUT2D eigenvalue weighted by molar-refractivity contribution is 5.52. The summed E-state index contributed by atoms with van der Waals surface area (Å²) in [7, 11) is 1.52. The third-order valence-corrected chi connectivity index (χ3v) is 4.12. The fraction of sp³-hybridized carbons (Fsp3) is 0.211. The number of nitrogens with zero attached hydrogens (tertiary/aromatic N) is 4. The zero-order valence-corrected chi connectivity index (χ0v) is 14.7. The van der Waals surface area contributed by atoms with Crippen LogP contribution in [0.15, 0.2) is 35.1 Å². The van der Waals surface area contributed by atoms with Crippen LogP contribution in [0.2, 0.25) is 0 Å². The topological polar surface area (TPSA) is 82.2 Å². The molecule has 3 rings (SSSR count). The van der Waals surface area contributed by atoms with Crippen molar-refractivity contribution in [2.45, 2.75) is 20.5 Å². The van der Waals surface area contributed by atoms with Gasteiger partial charge in [0.25, 0.3) is 0 Å². The Labute approximate surface area is 150 Å². The molecule has 3 aromatic rings. The minimum Gasteiger partial charge on any atom is -0.508 e. The predicted molar refractivity (Wildman–Crippen MR) is 96.4 cm³/mol. The number of aryl methyl sites for hydroxylation is 3. The Balaban J connectivity index is 2.03. The predicted octanol–water partition coefficient (Wildman–Crippen LogP) is 1.85. The van der Waals surface area contributed by atoms with E-state index < -0.39 is 0 Å². The number of hydrogen-bond acceptors (Lipinski definition) is 5. The molecule has 1 heterocycles. The number of hydrogen-bond donors (Lipinski definition) is 1. The van der Waals surface area contributed by atoms with Gasteiger partial charge in [0.05, 0.1) is 5.69 Å². The maximum absolute atomic E-state index is 12.2. The lowest BCUT2D eigenvalue weighted by atomic mass is 10.1. The van der Waals surface area contributed by atoms with Crippen molar-refractivity contribution in [3.63, 3.8) is 0 Å². The summed E-state index contributed by atoms with van der Waals surface area (Å²) >= 11 is 0. The van der Waals surface area contributed by atoms with E-state index in [0.29, 0.717) is 28.1 Å². The van der Waals surface area contributed by atoms with Crippen molar-refractivity contribution in [2.75, 3.05) is 0 Å². The molecule has 0 radical (unpaired) electrons. The van der Waals surface area contributed by atoms with Crippen LogP contribution < -0.4 is 10.4 Å². The van der Waals surface area contributed by atoms with Crippen molar-refractivity contribution in [3.8, 4) is 29.5 Å². The summed E-state index contributed by atoms with van der Waals surface area (Å²) in [5, 5.41) is 17.4. The number of benzene rings is 2. The molecule has 0 spiro atoms. The van der Waals surface area contributed by atoms with Crippen LogP contribution in [-0.4, -0.2) is 24.9 Å². The fourth-order valence-corrected chi connectivity index (χ4v) is 2.60. The van der Waals surface area contributed by atoms with Gasteiger partial charge in [-0.15, -0.1) is 6.42 Å². The number of tetrazole rings is 1. The quantitative estimate of drug-likeness (QED) is 0.726. The van der Waals surface area contributed by atoms with E-state index >= 15 is 0 Å². The largest absolute Gasteiger partial charge is 0.508 e. The molecule has 132 valence electrons. The van der Waals surface area contributed by atoms with E-state index in [9.17, 15) is 9.90 Å². The Bertz CT molecular complexity index is 1070. The molecule has 0 aliphatic carbocycles. The monoisotopic (exact) mass is 350 g/mol. The molecule has 7 nitrogen and oxygen atoms in total. The number of phenols is 1. The summed E-state index contributed by atoms with van der Waals surface area (Å²) in [6.07, 6.45) is 5.62. The van der Waals surface area contributed by atoms with Gasteiger partial charge in [-0.2, -0.15) is 9.36 Å². The summed E-state index contributed by atoms with van der Waals surface area (Å²) < 4.78 is 8.26. The molecule has 2 aromatic carbocycles. The van der Waals surface area contributed by atoms with Gasteiger partial charge in [0.1, 0.15) is 18.1 Å². The van der Waals surface area contributed by atoms with Gasteiger partial charge < -0.3 is 9.84 Å². The van der Waals surface area contributed by atoms with Gasteiger partial charge in [-0.25, -0.2) is 4.79 Å². The number of phenolic OH excluding ortho intramolecular Hbond substituents is 1. The number of terminal acetylenes is 1. The molecule has 0 unspecified atom stereocenters. The zero-order chi connectivity index (χ0) is 18.8. The summed E-state index contributed by atoms with van der Waals surface area (Å²) in [6, 6.07) is 8.68. The van der Waals surface area contributed by atoms with Gasteiger partial charge in [0.2, 0.25) is 0 Å². The van der Waals surface area contributed by atoms with Crippen LogP contribution in [0.3, 0.4) is 0 Å².